The largest absolute Gasteiger partial charge is 0.383 e. The van der Waals surface area contributed by atoms with E-state index in [2.05, 4.69) is 38.6 Å². The summed E-state index contributed by atoms with van der Waals surface area (Å²) in [4.78, 5) is 27.7. The van der Waals surface area contributed by atoms with Gasteiger partial charge in [0.05, 0.1) is 10.9 Å². The summed E-state index contributed by atoms with van der Waals surface area (Å²) in [5.74, 6) is -1.14. The highest BCUT2D eigenvalue weighted by molar-refractivity contribution is 5.88. The van der Waals surface area contributed by atoms with Crippen molar-refractivity contribution >= 4 is 22.4 Å². The monoisotopic (exact) mass is 490 g/mol. The summed E-state index contributed by atoms with van der Waals surface area (Å²) >= 11 is 0. The fourth-order valence-electron chi connectivity index (χ4n) is 4.75. The molecule has 5 rings (SSSR count). The van der Waals surface area contributed by atoms with Crippen molar-refractivity contribution in [1.29, 1.82) is 0 Å². The number of piperazine rings is 1. The van der Waals surface area contributed by atoms with E-state index in [9.17, 15) is 9.18 Å². The number of benzene rings is 2. The van der Waals surface area contributed by atoms with Crippen LogP contribution in [0.5, 0.6) is 0 Å². The Morgan fingerprint density at radius 2 is 1.64 bits per heavy atom. The molecule has 1 aliphatic rings. The maximum Gasteiger partial charge on any atom is 0.258 e. The van der Waals surface area contributed by atoms with Gasteiger partial charge < -0.3 is 15.6 Å². The molecule has 186 valence electrons. The second-order valence-corrected chi connectivity index (χ2v) is 9.42. The predicted octanol–water partition coefficient (Wildman–Crippen LogP) is 4.35. The normalized spacial score (nSPS) is 14.7. The van der Waals surface area contributed by atoms with Gasteiger partial charge in [-0.25, -0.2) is 14.4 Å². The molecule has 0 saturated carbocycles. The highest BCUT2D eigenvalue weighted by Gasteiger charge is 2.20. The Morgan fingerprint density at radius 3 is 2.31 bits per heavy atom. The van der Waals surface area contributed by atoms with Gasteiger partial charge in [0.25, 0.3) is 5.56 Å². The Hall–Kier alpha value is -3.85. The highest BCUT2D eigenvalue weighted by Crippen LogP contribution is 2.35. The summed E-state index contributed by atoms with van der Waals surface area (Å²) in [5.41, 5.74) is 8.13. The minimum atomic E-state index is -0.735. The minimum absolute atomic E-state index is 0.103. The summed E-state index contributed by atoms with van der Waals surface area (Å²) < 4.78 is 30.0. The molecule has 3 heterocycles. The van der Waals surface area contributed by atoms with Gasteiger partial charge in [-0.2, -0.15) is 4.39 Å². The van der Waals surface area contributed by atoms with Crippen LogP contribution in [0.15, 0.2) is 47.3 Å². The molecule has 7 nitrogen and oxygen atoms in total. The predicted molar refractivity (Wildman–Crippen MR) is 139 cm³/mol. The minimum Gasteiger partial charge on any atom is -0.383 e. The maximum atomic E-state index is 15.1. The number of nitrogen functional groups attached to an aromatic ring is 1. The molecule has 36 heavy (non-hydrogen) atoms. The number of nitrogens with two attached hydrogens (primary N) is 1. The summed E-state index contributed by atoms with van der Waals surface area (Å²) in [6.45, 7) is 9.90. The standard InChI is InChI=1S/C27H28F2N6O/c1-15(2)34-8-10-35(11-9-34)18-6-4-17(5-7-18)19-12-21(26(30)33-25(19)29)20-14-24-22(13-23(20)28)27(36)32-16(3)31-24/h4-7,12-15H,8-11H2,1-3H3,(H2,30,33)(H,31,32,36). The number of aryl methyl sites for hydroxylation is 1. The Labute approximate surface area is 207 Å². The lowest BCUT2D eigenvalue weighted by atomic mass is 9.99. The topological polar surface area (TPSA) is 91.1 Å². The van der Waals surface area contributed by atoms with Gasteiger partial charge in [-0.1, -0.05) is 12.1 Å². The number of nitrogens with one attached hydrogen (secondary N) is 1. The van der Waals surface area contributed by atoms with E-state index >= 15 is 4.39 Å². The number of hydrogen-bond acceptors (Lipinski definition) is 6. The van der Waals surface area contributed by atoms with E-state index in [0.29, 0.717) is 22.9 Å². The summed E-state index contributed by atoms with van der Waals surface area (Å²) in [6, 6.07) is 12.2. The Balaban J connectivity index is 1.49. The van der Waals surface area contributed by atoms with E-state index < -0.39 is 17.3 Å². The van der Waals surface area contributed by atoms with Crippen molar-refractivity contribution in [3.8, 4) is 22.3 Å². The van der Waals surface area contributed by atoms with Crippen LogP contribution in [0.3, 0.4) is 0 Å². The number of pyridine rings is 1. The number of hydrogen-bond donors (Lipinski definition) is 2. The van der Waals surface area contributed by atoms with E-state index in [0.717, 1.165) is 37.9 Å². The fourth-order valence-corrected chi connectivity index (χ4v) is 4.75. The van der Waals surface area contributed by atoms with Crippen molar-refractivity contribution in [2.24, 2.45) is 0 Å². The molecule has 1 saturated heterocycles. The van der Waals surface area contributed by atoms with Crippen molar-refractivity contribution < 1.29 is 8.78 Å². The first-order valence-electron chi connectivity index (χ1n) is 12.0. The molecule has 0 radical (unpaired) electrons. The van der Waals surface area contributed by atoms with Crippen LogP contribution in [0.1, 0.15) is 19.7 Å². The van der Waals surface area contributed by atoms with Gasteiger partial charge in [0.15, 0.2) is 0 Å². The summed E-state index contributed by atoms with van der Waals surface area (Å²) in [6.07, 6.45) is 0. The molecule has 0 bridgehead atoms. The Kier molecular flexibility index (Phi) is 6.17. The van der Waals surface area contributed by atoms with Gasteiger partial charge in [-0.05, 0) is 56.7 Å². The molecule has 1 aliphatic heterocycles. The zero-order chi connectivity index (χ0) is 25.6. The van der Waals surface area contributed by atoms with Gasteiger partial charge in [0, 0.05) is 54.6 Å². The average Bonchev–Trinajstić information content (AvgIpc) is 2.85. The molecule has 3 N–H and O–H groups in total. The molecule has 0 spiro atoms. The second kappa shape index (κ2) is 9.31. The smallest absolute Gasteiger partial charge is 0.258 e. The molecule has 1 fully saturated rings. The lowest BCUT2D eigenvalue weighted by Crippen LogP contribution is -2.48. The molecule has 0 unspecified atom stereocenters. The van der Waals surface area contributed by atoms with Crippen LogP contribution >= 0.6 is 0 Å². The van der Waals surface area contributed by atoms with Crippen LogP contribution in [-0.4, -0.2) is 52.1 Å². The number of rotatable bonds is 4. The number of fused-ring (bicyclic) bond motifs is 1. The van der Waals surface area contributed by atoms with Crippen LogP contribution in [0, 0.1) is 18.7 Å². The SMILES string of the molecule is Cc1nc2cc(-c3cc(-c4ccc(N5CCN(C(C)C)CC5)cc4)c(F)nc3N)c(F)cc2c(=O)[nH]1. The van der Waals surface area contributed by atoms with Crippen LogP contribution in [0.2, 0.25) is 0 Å². The van der Waals surface area contributed by atoms with E-state index in [4.69, 9.17) is 5.73 Å². The van der Waals surface area contributed by atoms with Gasteiger partial charge in [-0.15, -0.1) is 0 Å². The Morgan fingerprint density at radius 1 is 0.944 bits per heavy atom. The van der Waals surface area contributed by atoms with Crippen molar-refractivity contribution in [2.75, 3.05) is 36.8 Å². The number of H-pyrrole nitrogens is 1. The van der Waals surface area contributed by atoms with E-state index in [-0.39, 0.29) is 27.9 Å². The van der Waals surface area contributed by atoms with Crippen molar-refractivity contribution in [2.45, 2.75) is 26.8 Å². The van der Waals surface area contributed by atoms with Crippen molar-refractivity contribution in [3.63, 3.8) is 0 Å². The lowest BCUT2D eigenvalue weighted by Gasteiger charge is -2.38. The fraction of sp³-hybridized carbons (Fsp3) is 0.296. The Bertz CT molecular complexity index is 1490. The number of halogens is 2. The van der Waals surface area contributed by atoms with E-state index in [1.165, 1.54) is 12.1 Å². The van der Waals surface area contributed by atoms with E-state index in [1.54, 1.807) is 6.92 Å². The van der Waals surface area contributed by atoms with Crippen LogP contribution in [0.4, 0.5) is 20.3 Å². The van der Waals surface area contributed by atoms with Crippen LogP contribution in [-0.2, 0) is 0 Å². The first-order valence-corrected chi connectivity index (χ1v) is 12.0. The third-order valence-electron chi connectivity index (χ3n) is 6.80. The van der Waals surface area contributed by atoms with E-state index in [1.807, 2.05) is 24.3 Å². The molecular weight excluding hydrogens is 462 g/mol. The molecular formula is C27H28F2N6O. The molecule has 2 aromatic carbocycles. The molecule has 2 aromatic heterocycles. The average molecular weight is 491 g/mol. The molecule has 0 aliphatic carbocycles. The number of aromatic amines is 1. The van der Waals surface area contributed by atoms with Crippen molar-refractivity contribution in [1.82, 2.24) is 19.9 Å². The lowest BCUT2D eigenvalue weighted by molar-refractivity contribution is 0.209. The number of anilines is 2. The third kappa shape index (κ3) is 4.42. The van der Waals surface area contributed by atoms with Crippen molar-refractivity contribution in [3.05, 3.63) is 70.4 Å². The van der Waals surface area contributed by atoms with Crippen LogP contribution < -0.4 is 16.2 Å². The zero-order valence-corrected chi connectivity index (χ0v) is 20.5. The highest BCUT2D eigenvalue weighted by atomic mass is 19.1. The molecule has 4 aromatic rings. The van der Waals surface area contributed by atoms with Crippen LogP contribution in [0.25, 0.3) is 33.2 Å². The molecule has 0 amide bonds. The quantitative estimate of drug-likeness (QED) is 0.414. The molecule has 9 heteroatoms. The second-order valence-electron chi connectivity index (χ2n) is 9.42. The first-order chi connectivity index (χ1) is 17.2. The summed E-state index contributed by atoms with van der Waals surface area (Å²) in [7, 11) is 0. The zero-order valence-electron chi connectivity index (χ0n) is 20.5. The van der Waals surface area contributed by atoms with Gasteiger partial charge >= 0.3 is 0 Å². The number of nitrogens with zero attached hydrogens (tertiary/aromatic N) is 4. The van der Waals surface area contributed by atoms with Gasteiger partial charge in [-0.3, -0.25) is 9.69 Å². The van der Waals surface area contributed by atoms with Gasteiger partial charge in [0.2, 0.25) is 5.95 Å². The maximum absolute atomic E-state index is 15.1. The third-order valence-corrected chi connectivity index (χ3v) is 6.80. The number of aromatic nitrogens is 3. The summed E-state index contributed by atoms with van der Waals surface area (Å²) in [5, 5.41) is 0.125. The van der Waals surface area contributed by atoms with Gasteiger partial charge in [0.1, 0.15) is 17.5 Å². The first kappa shape index (κ1) is 23.9. The molecule has 0 atom stereocenters.